The molecule has 1 fully saturated rings. The van der Waals surface area contributed by atoms with Crippen LogP contribution in [0, 0.1) is 5.92 Å². The van der Waals surface area contributed by atoms with E-state index < -0.39 is 6.10 Å². The third-order valence-electron chi connectivity index (χ3n) is 3.52. The molecule has 1 amide bonds. The van der Waals surface area contributed by atoms with Crippen molar-refractivity contribution in [1.82, 2.24) is 10.6 Å². The lowest BCUT2D eigenvalue weighted by Gasteiger charge is -2.16. The van der Waals surface area contributed by atoms with Gasteiger partial charge in [-0.05, 0) is 50.9 Å². The van der Waals surface area contributed by atoms with Crippen LogP contribution in [-0.4, -0.2) is 31.6 Å². The molecule has 1 heterocycles. The summed E-state index contributed by atoms with van der Waals surface area (Å²) in [5.41, 5.74) is 0. The largest absolute Gasteiger partial charge is 0.479 e. The van der Waals surface area contributed by atoms with Crippen LogP contribution >= 0.6 is 11.6 Å². The minimum absolute atomic E-state index is 0.101. The molecule has 0 aliphatic carbocycles. The Morgan fingerprint density at radius 3 is 3.05 bits per heavy atom. The molecule has 0 bridgehead atoms. The van der Waals surface area contributed by atoms with Crippen molar-refractivity contribution in [2.24, 2.45) is 5.92 Å². The summed E-state index contributed by atoms with van der Waals surface area (Å²) in [5, 5.41) is 6.75. The van der Waals surface area contributed by atoms with Gasteiger partial charge in [0, 0.05) is 6.54 Å². The number of amides is 1. The second kappa shape index (κ2) is 7.50. The molecular weight excluding hydrogens is 276 g/mol. The van der Waals surface area contributed by atoms with Gasteiger partial charge in [0.2, 0.25) is 0 Å². The van der Waals surface area contributed by atoms with Crippen LogP contribution in [0.15, 0.2) is 24.3 Å². The van der Waals surface area contributed by atoms with E-state index in [9.17, 15) is 4.79 Å². The normalized spacial score (nSPS) is 19.6. The Morgan fingerprint density at radius 2 is 2.35 bits per heavy atom. The van der Waals surface area contributed by atoms with E-state index in [0.29, 0.717) is 23.2 Å². The minimum Gasteiger partial charge on any atom is -0.479 e. The van der Waals surface area contributed by atoms with Crippen molar-refractivity contribution in [3.63, 3.8) is 0 Å². The predicted molar refractivity (Wildman–Crippen MR) is 80.1 cm³/mol. The van der Waals surface area contributed by atoms with Crippen LogP contribution in [0.4, 0.5) is 0 Å². The second-order valence-corrected chi connectivity index (χ2v) is 5.54. The average molecular weight is 297 g/mol. The van der Waals surface area contributed by atoms with Gasteiger partial charge in [0.05, 0.1) is 5.02 Å². The number of carbonyl (C=O) groups is 1. The molecule has 4 nitrogen and oxygen atoms in total. The average Bonchev–Trinajstić information content (AvgIpc) is 2.94. The number of nitrogens with one attached hydrogen (secondary N) is 2. The summed E-state index contributed by atoms with van der Waals surface area (Å²) in [6.45, 7) is 4.57. The summed E-state index contributed by atoms with van der Waals surface area (Å²) in [6, 6.07) is 7.17. The highest BCUT2D eigenvalue weighted by Gasteiger charge is 2.17. The van der Waals surface area contributed by atoms with E-state index in [0.717, 1.165) is 19.5 Å². The minimum atomic E-state index is -0.545. The molecule has 1 aliphatic rings. The SMILES string of the molecule is CC(Oc1ccccc1Cl)C(=O)NCCC1CCNC1. The summed E-state index contributed by atoms with van der Waals surface area (Å²) >= 11 is 6.00. The molecule has 1 aromatic carbocycles. The molecule has 2 N–H and O–H groups in total. The van der Waals surface area contributed by atoms with Crippen molar-refractivity contribution >= 4 is 17.5 Å². The summed E-state index contributed by atoms with van der Waals surface area (Å²) in [6.07, 6.45) is 1.66. The van der Waals surface area contributed by atoms with Gasteiger partial charge in [-0.1, -0.05) is 23.7 Å². The second-order valence-electron chi connectivity index (χ2n) is 5.13. The fourth-order valence-electron chi connectivity index (χ4n) is 2.29. The van der Waals surface area contributed by atoms with E-state index >= 15 is 0 Å². The van der Waals surface area contributed by atoms with Gasteiger partial charge >= 0.3 is 0 Å². The molecule has 0 aromatic heterocycles. The number of benzene rings is 1. The highest BCUT2D eigenvalue weighted by atomic mass is 35.5. The van der Waals surface area contributed by atoms with Crippen LogP contribution in [0.1, 0.15) is 19.8 Å². The number of halogens is 1. The Kier molecular flexibility index (Phi) is 5.68. The lowest BCUT2D eigenvalue weighted by Crippen LogP contribution is -2.37. The van der Waals surface area contributed by atoms with Crippen LogP contribution in [0.5, 0.6) is 5.75 Å². The van der Waals surface area contributed by atoms with Crippen molar-refractivity contribution < 1.29 is 9.53 Å². The highest BCUT2D eigenvalue weighted by Crippen LogP contribution is 2.24. The number of para-hydroxylation sites is 1. The maximum atomic E-state index is 11.9. The highest BCUT2D eigenvalue weighted by molar-refractivity contribution is 6.32. The van der Waals surface area contributed by atoms with Gasteiger partial charge in [0.1, 0.15) is 5.75 Å². The van der Waals surface area contributed by atoms with E-state index in [-0.39, 0.29) is 5.91 Å². The van der Waals surface area contributed by atoms with E-state index in [1.165, 1.54) is 6.42 Å². The van der Waals surface area contributed by atoms with Crippen LogP contribution in [0.2, 0.25) is 5.02 Å². The molecule has 1 aliphatic heterocycles. The number of hydrogen-bond donors (Lipinski definition) is 2. The van der Waals surface area contributed by atoms with Crippen LogP contribution in [-0.2, 0) is 4.79 Å². The zero-order valence-electron chi connectivity index (χ0n) is 11.7. The van der Waals surface area contributed by atoms with Crippen molar-refractivity contribution in [2.45, 2.75) is 25.9 Å². The first-order valence-electron chi connectivity index (χ1n) is 7.06. The third-order valence-corrected chi connectivity index (χ3v) is 3.84. The Morgan fingerprint density at radius 1 is 1.55 bits per heavy atom. The summed E-state index contributed by atoms with van der Waals surface area (Å²) in [7, 11) is 0. The van der Waals surface area contributed by atoms with Gasteiger partial charge in [-0.3, -0.25) is 4.79 Å². The molecule has 0 spiro atoms. The Labute approximate surface area is 124 Å². The summed E-state index contributed by atoms with van der Waals surface area (Å²) in [4.78, 5) is 11.9. The van der Waals surface area contributed by atoms with Crippen molar-refractivity contribution in [1.29, 1.82) is 0 Å². The fraction of sp³-hybridized carbons (Fsp3) is 0.533. The van der Waals surface area contributed by atoms with Gasteiger partial charge in [-0.25, -0.2) is 0 Å². The number of hydrogen-bond acceptors (Lipinski definition) is 3. The van der Waals surface area contributed by atoms with Gasteiger partial charge in [-0.2, -0.15) is 0 Å². The molecule has 2 unspecified atom stereocenters. The molecule has 0 saturated carbocycles. The Bertz CT molecular complexity index is 447. The lowest BCUT2D eigenvalue weighted by molar-refractivity contribution is -0.127. The maximum absolute atomic E-state index is 11.9. The van der Waals surface area contributed by atoms with Gasteiger partial charge < -0.3 is 15.4 Å². The van der Waals surface area contributed by atoms with Crippen LogP contribution in [0.25, 0.3) is 0 Å². The Hall–Kier alpha value is -1.26. The van der Waals surface area contributed by atoms with Crippen molar-refractivity contribution in [2.75, 3.05) is 19.6 Å². The molecular formula is C15H21ClN2O2. The van der Waals surface area contributed by atoms with Crippen LogP contribution < -0.4 is 15.4 Å². The van der Waals surface area contributed by atoms with E-state index in [4.69, 9.17) is 16.3 Å². The molecule has 20 heavy (non-hydrogen) atoms. The van der Waals surface area contributed by atoms with Gasteiger partial charge in [0.25, 0.3) is 5.91 Å². The molecule has 110 valence electrons. The zero-order chi connectivity index (χ0) is 14.4. The predicted octanol–water partition coefficient (Wildman–Crippen LogP) is 2.22. The number of rotatable bonds is 6. The first-order chi connectivity index (χ1) is 9.66. The zero-order valence-corrected chi connectivity index (χ0v) is 12.5. The maximum Gasteiger partial charge on any atom is 0.260 e. The summed E-state index contributed by atoms with van der Waals surface area (Å²) in [5.74, 6) is 1.11. The Balaban J connectivity index is 1.73. The third kappa shape index (κ3) is 4.39. The topological polar surface area (TPSA) is 50.4 Å². The quantitative estimate of drug-likeness (QED) is 0.846. The molecule has 1 saturated heterocycles. The van der Waals surface area contributed by atoms with Crippen LogP contribution in [0.3, 0.4) is 0 Å². The monoisotopic (exact) mass is 296 g/mol. The lowest BCUT2D eigenvalue weighted by atomic mass is 10.1. The number of carbonyl (C=O) groups excluding carboxylic acids is 1. The molecule has 2 atom stereocenters. The van der Waals surface area contributed by atoms with Crippen molar-refractivity contribution in [3.8, 4) is 5.75 Å². The molecule has 5 heteroatoms. The number of ether oxygens (including phenoxy) is 1. The fourth-order valence-corrected chi connectivity index (χ4v) is 2.47. The van der Waals surface area contributed by atoms with Gasteiger partial charge in [0.15, 0.2) is 6.10 Å². The standard InChI is InChI=1S/C15H21ClN2O2/c1-11(20-14-5-3-2-4-13(14)16)15(19)18-9-7-12-6-8-17-10-12/h2-5,11-12,17H,6-10H2,1H3,(H,18,19). The molecule has 2 rings (SSSR count). The molecule has 0 radical (unpaired) electrons. The van der Waals surface area contributed by atoms with E-state index in [1.807, 2.05) is 12.1 Å². The van der Waals surface area contributed by atoms with Gasteiger partial charge in [-0.15, -0.1) is 0 Å². The van der Waals surface area contributed by atoms with Crippen molar-refractivity contribution in [3.05, 3.63) is 29.3 Å². The smallest absolute Gasteiger partial charge is 0.260 e. The summed E-state index contributed by atoms with van der Waals surface area (Å²) < 4.78 is 5.57. The molecule has 1 aromatic rings. The first kappa shape index (κ1) is 15.1. The van der Waals surface area contributed by atoms with E-state index in [1.54, 1.807) is 19.1 Å². The first-order valence-corrected chi connectivity index (χ1v) is 7.44. The van der Waals surface area contributed by atoms with E-state index in [2.05, 4.69) is 10.6 Å².